The molecule has 1 aliphatic rings. The zero-order chi connectivity index (χ0) is 33.8. The van der Waals surface area contributed by atoms with Crippen LogP contribution >= 0.6 is 15.4 Å². The van der Waals surface area contributed by atoms with Crippen molar-refractivity contribution in [2.45, 2.75) is 38.9 Å². The predicted octanol–water partition coefficient (Wildman–Crippen LogP) is 9.19. The maximum Gasteiger partial charge on any atom is 0.476 e. The number of phosphoric ester groups is 1. The van der Waals surface area contributed by atoms with Crippen LogP contribution in [0.25, 0.3) is 22.0 Å². The van der Waals surface area contributed by atoms with Gasteiger partial charge in [0.05, 0.1) is 43.7 Å². The Kier molecular flexibility index (Phi) is 10.9. The molecule has 3 atom stereocenters. The Hall–Kier alpha value is -3.15. The van der Waals surface area contributed by atoms with E-state index in [9.17, 15) is 22.3 Å². The van der Waals surface area contributed by atoms with Gasteiger partial charge in [-0.25, -0.2) is 4.57 Å². The highest BCUT2D eigenvalue weighted by Crippen LogP contribution is 2.69. The molecule has 1 aromatic heterocycles. The number of hydrogen-bond acceptors (Lipinski definition) is 9. The number of rotatable bonds is 14. The third kappa shape index (κ3) is 8.48. The molecule has 1 N–H and O–H groups in total. The number of benzene rings is 3. The number of halogens is 3. The summed E-state index contributed by atoms with van der Waals surface area (Å²) < 4.78 is 99.1. The number of likely N-dealkylation sites (N-methyl/N-ethyl adjacent to an activating group) is 1. The summed E-state index contributed by atoms with van der Waals surface area (Å²) in [6, 6.07) is 19.6. The molecule has 254 valence electrons. The Morgan fingerprint density at radius 3 is 2.21 bits per heavy atom. The Morgan fingerprint density at radius 2 is 1.64 bits per heavy atom. The molecule has 2 unspecified atom stereocenters. The summed E-state index contributed by atoms with van der Waals surface area (Å²) in [6.45, 7) is 6.13. The standard InChI is InChI=1S/C32H37F3N2O8P2/c1-5-41-46(38,42-6-2)31(45-47(39)43-21-22(3)44-47)30-19-25-9-14-27(20-29(25)36-30)37(4)17-18-40-28-15-10-24(11-16-28)23-7-12-26(13-8-23)32(33,34)35/h7-16,19-20,22,31,36H,5-6,17-18,21H2,1-4H3/t22-,31?,47?/m0/s1. The van der Waals surface area contributed by atoms with E-state index in [1.165, 1.54) is 12.1 Å². The molecule has 0 spiro atoms. The number of H-pyrrole nitrogens is 1. The minimum atomic E-state index is -4.38. The van der Waals surface area contributed by atoms with E-state index in [0.717, 1.165) is 28.8 Å². The lowest BCUT2D eigenvalue weighted by molar-refractivity contribution is -0.137. The molecule has 1 fully saturated rings. The smallest absolute Gasteiger partial charge is 0.476 e. The number of ether oxygens (including phenoxy) is 1. The van der Waals surface area contributed by atoms with E-state index >= 15 is 0 Å². The van der Waals surface area contributed by atoms with Crippen LogP contribution in [0.3, 0.4) is 0 Å². The van der Waals surface area contributed by atoms with Gasteiger partial charge in [-0.2, -0.15) is 13.2 Å². The average Bonchev–Trinajstić information content (AvgIpc) is 3.61. The number of aromatic amines is 1. The fourth-order valence-electron chi connectivity index (χ4n) is 5.01. The van der Waals surface area contributed by atoms with Gasteiger partial charge < -0.3 is 23.7 Å². The number of anilines is 1. The van der Waals surface area contributed by atoms with Crippen LogP contribution in [0, 0.1) is 0 Å². The number of alkyl halides is 3. The summed E-state index contributed by atoms with van der Waals surface area (Å²) >= 11 is 0. The average molecular weight is 697 g/mol. The molecular formula is C32H37F3N2O8P2. The third-order valence-electron chi connectivity index (χ3n) is 7.34. The summed E-state index contributed by atoms with van der Waals surface area (Å²) in [5.41, 5.74) is 2.66. The molecule has 47 heavy (non-hydrogen) atoms. The molecule has 1 aliphatic heterocycles. The van der Waals surface area contributed by atoms with Crippen LogP contribution in [0.5, 0.6) is 5.75 Å². The molecule has 0 saturated carbocycles. The zero-order valence-electron chi connectivity index (χ0n) is 26.4. The molecule has 15 heteroatoms. The van der Waals surface area contributed by atoms with Gasteiger partial charge in [-0.05, 0) is 79.7 Å². The highest BCUT2D eigenvalue weighted by Gasteiger charge is 2.48. The molecule has 0 radical (unpaired) electrons. The van der Waals surface area contributed by atoms with Crippen LogP contribution in [0.15, 0.2) is 72.8 Å². The number of nitrogens with one attached hydrogen (secondary N) is 1. The second kappa shape index (κ2) is 14.5. The molecule has 1 saturated heterocycles. The van der Waals surface area contributed by atoms with Crippen LogP contribution in [0.1, 0.15) is 37.9 Å². The van der Waals surface area contributed by atoms with Crippen molar-refractivity contribution in [2.24, 2.45) is 0 Å². The Balaban J connectivity index is 1.25. The van der Waals surface area contributed by atoms with E-state index in [1.54, 1.807) is 51.1 Å². The van der Waals surface area contributed by atoms with Crippen LogP contribution in [0.2, 0.25) is 0 Å². The SMILES string of the molecule is CCOP(=O)(OCC)C(OP1(=O)OC[C@H](C)O1)c1cc2ccc(N(C)CCOc3ccc(-c4ccc(C(F)(F)F)cc4)cc3)cc2[nH]1. The first-order valence-electron chi connectivity index (χ1n) is 15.1. The van der Waals surface area contributed by atoms with E-state index in [0.29, 0.717) is 35.7 Å². The van der Waals surface area contributed by atoms with Gasteiger partial charge in [0.1, 0.15) is 12.4 Å². The molecule has 3 aromatic carbocycles. The Bertz CT molecular complexity index is 1740. The van der Waals surface area contributed by atoms with Crippen molar-refractivity contribution in [2.75, 3.05) is 44.9 Å². The lowest BCUT2D eigenvalue weighted by Crippen LogP contribution is -2.23. The molecular weight excluding hydrogens is 659 g/mol. The van der Waals surface area contributed by atoms with E-state index in [-0.39, 0.29) is 19.8 Å². The van der Waals surface area contributed by atoms with Crippen molar-refractivity contribution in [3.05, 3.63) is 84.1 Å². The van der Waals surface area contributed by atoms with Gasteiger partial charge >= 0.3 is 21.6 Å². The minimum absolute atomic E-state index is 0.0672. The van der Waals surface area contributed by atoms with Crippen molar-refractivity contribution < 1.29 is 49.7 Å². The summed E-state index contributed by atoms with van der Waals surface area (Å²) in [7, 11) is -6.10. The number of phosphoric acid groups is 1. The summed E-state index contributed by atoms with van der Waals surface area (Å²) in [5, 5.41) is 0.787. The number of aromatic nitrogens is 1. The van der Waals surface area contributed by atoms with Crippen molar-refractivity contribution >= 4 is 32.0 Å². The molecule has 0 amide bonds. The highest BCUT2D eigenvalue weighted by atomic mass is 31.2. The third-order valence-corrected chi connectivity index (χ3v) is 11.3. The monoisotopic (exact) mass is 696 g/mol. The predicted molar refractivity (Wildman–Crippen MR) is 173 cm³/mol. The largest absolute Gasteiger partial charge is 0.492 e. The molecule has 4 aromatic rings. The van der Waals surface area contributed by atoms with E-state index in [2.05, 4.69) is 4.98 Å². The molecule has 0 bridgehead atoms. The van der Waals surface area contributed by atoms with Gasteiger partial charge in [-0.15, -0.1) is 0 Å². The normalized spacial score (nSPS) is 19.3. The first kappa shape index (κ1) is 35.2. The van der Waals surface area contributed by atoms with Crippen LogP contribution in [-0.2, 0) is 37.9 Å². The Morgan fingerprint density at radius 1 is 1.00 bits per heavy atom. The van der Waals surface area contributed by atoms with E-state index in [1.807, 2.05) is 30.1 Å². The zero-order valence-corrected chi connectivity index (χ0v) is 28.1. The second-order valence-electron chi connectivity index (χ2n) is 10.9. The molecule has 10 nitrogen and oxygen atoms in total. The fourth-order valence-corrected chi connectivity index (χ4v) is 8.78. The highest BCUT2D eigenvalue weighted by molar-refractivity contribution is 7.55. The van der Waals surface area contributed by atoms with Gasteiger partial charge in [0, 0.05) is 18.3 Å². The van der Waals surface area contributed by atoms with Gasteiger partial charge in [0.2, 0.25) is 5.85 Å². The lowest BCUT2D eigenvalue weighted by Gasteiger charge is -2.26. The fraction of sp³-hybridized carbons (Fsp3) is 0.375. The Labute approximate surface area is 271 Å². The van der Waals surface area contributed by atoms with Crippen LogP contribution in [-0.4, -0.2) is 51.1 Å². The van der Waals surface area contributed by atoms with E-state index < -0.39 is 39.1 Å². The van der Waals surface area contributed by atoms with E-state index in [4.69, 9.17) is 27.4 Å². The maximum absolute atomic E-state index is 13.9. The second-order valence-corrected chi connectivity index (χ2v) is 14.5. The number of fused-ring (bicyclic) bond motifs is 1. The quantitative estimate of drug-likeness (QED) is 0.129. The summed E-state index contributed by atoms with van der Waals surface area (Å²) in [4.78, 5) is 5.22. The molecule has 0 aliphatic carbocycles. The first-order valence-corrected chi connectivity index (χ1v) is 18.1. The van der Waals surface area contributed by atoms with Crippen molar-refractivity contribution in [3.63, 3.8) is 0 Å². The van der Waals surface area contributed by atoms with Gasteiger partial charge in [-0.3, -0.25) is 18.1 Å². The van der Waals surface area contributed by atoms with Crippen LogP contribution in [0.4, 0.5) is 18.9 Å². The van der Waals surface area contributed by atoms with Crippen LogP contribution < -0.4 is 9.64 Å². The molecule has 5 rings (SSSR count). The topological polar surface area (TPSA) is 109 Å². The molecule has 2 heterocycles. The lowest BCUT2D eigenvalue weighted by atomic mass is 10.0. The van der Waals surface area contributed by atoms with Gasteiger partial charge in [-0.1, -0.05) is 30.3 Å². The number of nitrogens with zero attached hydrogens (tertiary/aromatic N) is 1. The van der Waals surface area contributed by atoms with Crippen molar-refractivity contribution in [1.82, 2.24) is 4.98 Å². The van der Waals surface area contributed by atoms with Gasteiger partial charge in [0.15, 0.2) is 0 Å². The summed E-state index contributed by atoms with van der Waals surface area (Å²) in [6.07, 6.45) is -4.84. The summed E-state index contributed by atoms with van der Waals surface area (Å²) in [5.74, 6) is -0.771. The number of hydrogen-bond donors (Lipinski definition) is 1. The van der Waals surface area contributed by atoms with Crippen molar-refractivity contribution in [1.29, 1.82) is 0 Å². The van der Waals surface area contributed by atoms with Crippen molar-refractivity contribution in [3.8, 4) is 16.9 Å². The minimum Gasteiger partial charge on any atom is -0.492 e. The maximum atomic E-state index is 13.9. The van der Waals surface area contributed by atoms with Gasteiger partial charge in [0.25, 0.3) is 0 Å². The first-order chi connectivity index (χ1) is 22.3.